The van der Waals surface area contributed by atoms with E-state index in [9.17, 15) is 4.39 Å². The van der Waals surface area contributed by atoms with Crippen LogP contribution in [0.2, 0.25) is 0 Å². The van der Waals surface area contributed by atoms with Crippen LogP contribution in [0.5, 0.6) is 0 Å². The molecule has 0 radical (unpaired) electrons. The molecule has 2 aromatic rings. The lowest BCUT2D eigenvalue weighted by atomic mass is 10.1. The van der Waals surface area contributed by atoms with Crippen molar-refractivity contribution in [2.24, 2.45) is 0 Å². The van der Waals surface area contributed by atoms with Crippen molar-refractivity contribution >= 4 is 11.4 Å². The minimum absolute atomic E-state index is 0.207. The summed E-state index contributed by atoms with van der Waals surface area (Å²) in [5.74, 6) is -0.207. The second-order valence-corrected chi connectivity index (χ2v) is 4.58. The largest absolute Gasteiger partial charge is 0.399 e. The molecule has 0 fully saturated rings. The van der Waals surface area contributed by atoms with E-state index in [1.165, 1.54) is 12.1 Å². The van der Waals surface area contributed by atoms with Crippen molar-refractivity contribution in [2.75, 3.05) is 17.7 Å². The highest BCUT2D eigenvalue weighted by Gasteiger charge is 2.04. The van der Waals surface area contributed by atoms with Gasteiger partial charge in [0, 0.05) is 25.0 Å². The third-order valence-corrected chi connectivity index (χ3v) is 2.86. The van der Waals surface area contributed by atoms with E-state index in [2.05, 4.69) is 11.0 Å². The van der Waals surface area contributed by atoms with E-state index in [1.807, 2.05) is 26.1 Å². The number of nitrogens with zero attached hydrogens (tertiary/aromatic N) is 1. The van der Waals surface area contributed by atoms with E-state index >= 15 is 0 Å². The second kappa shape index (κ2) is 5.08. The summed E-state index contributed by atoms with van der Waals surface area (Å²) in [5, 5.41) is 0. The van der Waals surface area contributed by atoms with Gasteiger partial charge in [-0.2, -0.15) is 0 Å². The number of nitrogens with two attached hydrogens (primary N) is 1. The van der Waals surface area contributed by atoms with E-state index in [1.54, 1.807) is 12.1 Å². The predicted molar refractivity (Wildman–Crippen MR) is 74.1 cm³/mol. The maximum atomic E-state index is 12.8. The molecule has 0 heterocycles. The molecule has 0 bridgehead atoms. The van der Waals surface area contributed by atoms with Gasteiger partial charge in [0.25, 0.3) is 0 Å². The van der Waals surface area contributed by atoms with Crippen LogP contribution in [0.25, 0.3) is 0 Å². The summed E-state index contributed by atoms with van der Waals surface area (Å²) in [6, 6.07) is 12.5. The van der Waals surface area contributed by atoms with Gasteiger partial charge in [0.2, 0.25) is 0 Å². The van der Waals surface area contributed by atoms with Crippen LogP contribution in [0.15, 0.2) is 42.5 Å². The van der Waals surface area contributed by atoms with Gasteiger partial charge in [-0.05, 0) is 48.4 Å². The standard InChI is InChI=1S/C15H17FN2/c1-11-7-14(17)9-15(8-11)18(2)10-12-3-5-13(16)6-4-12/h3-9H,10,17H2,1-2H3. The third kappa shape index (κ3) is 3.00. The number of hydrogen-bond donors (Lipinski definition) is 1. The van der Waals surface area contributed by atoms with E-state index in [4.69, 9.17) is 5.73 Å². The van der Waals surface area contributed by atoms with E-state index in [0.717, 1.165) is 29.0 Å². The number of halogens is 1. The molecule has 0 aliphatic heterocycles. The highest BCUT2D eigenvalue weighted by Crippen LogP contribution is 2.21. The summed E-state index contributed by atoms with van der Waals surface area (Å²) in [4.78, 5) is 2.09. The molecule has 0 saturated heterocycles. The molecule has 94 valence electrons. The predicted octanol–water partition coefficient (Wildman–Crippen LogP) is 3.35. The SMILES string of the molecule is Cc1cc(N)cc(N(C)Cc2ccc(F)cc2)c1. The molecule has 0 atom stereocenters. The van der Waals surface area contributed by atoms with Crippen LogP contribution in [0, 0.1) is 12.7 Å². The summed E-state index contributed by atoms with van der Waals surface area (Å²) in [6.07, 6.45) is 0. The first kappa shape index (κ1) is 12.4. The summed E-state index contributed by atoms with van der Waals surface area (Å²) < 4.78 is 12.8. The van der Waals surface area contributed by atoms with Gasteiger partial charge in [-0.15, -0.1) is 0 Å². The molecular weight excluding hydrogens is 227 g/mol. The quantitative estimate of drug-likeness (QED) is 0.839. The molecule has 2 nitrogen and oxygen atoms in total. The fraction of sp³-hybridized carbons (Fsp3) is 0.200. The van der Waals surface area contributed by atoms with Gasteiger partial charge in [0.1, 0.15) is 5.82 Å². The topological polar surface area (TPSA) is 29.3 Å². The molecule has 0 aliphatic carbocycles. The van der Waals surface area contributed by atoms with Crippen LogP contribution < -0.4 is 10.6 Å². The molecule has 0 saturated carbocycles. The van der Waals surface area contributed by atoms with Gasteiger partial charge in [-0.3, -0.25) is 0 Å². The second-order valence-electron chi connectivity index (χ2n) is 4.58. The van der Waals surface area contributed by atoms with Crippen molar-refractivity contribution in [3.05, 3.63) is 59.4 Å². The number of nitrogen functional groups attached to an aromatic ring is 1. The minimum Gasteiger partial charge on any atom is -0.399 e. The van der Waals surface area contributed by atoms with E-state index in [-0.39, 0.29) is 5.82 Å². The Labute approximate surface area is 107 Å². The summed E-state index contributed by atoms with van der Waals surface area (Å²) in [6.45, 7) is 2.74. The maximum Gasteiger partial charge on any atom is 0.123 e. The summed E-state index contributed by atoms with van der Waals surface area (Å²) in [7, 11) is 2.00. The molecule has 0 amide bonds. The molecule has 2 aromatic carbocycles. The van der Waals surface area contributed by atoms with Crippen LogP contribution in [0.4, 0.5) is 15.8 Å². The molecule has 2 rings (SSSR count). The van der Waals surface area contributed by atoms with Crippen molar-refractivity contribution < 1.29 is 4.39 Å². The van der Waals surface area contributed by atoms with Gasteiger partial charge in [0.15, 0.2) is 0 Å². The Morgan fingerprint density at radius 3 is 2.39 bits per heavy atom. The Morgan fingerprint density at radius 1 is 1.11 bits per heavy atom. The van der Waals surface area contributed by atoms with Gasteiger partial charge >= 0.3 is 0 Å². The number of rotatable bonds is 3. The van der Waals surface area contributed by atoms with Crippen LogP contribution in [0.1, 0.15) is 11.1 Å². The van der Waals surface area contributed by atoms with Crippen LogP contribution in [-0.4, -0.2) is 7.05 Å². The Bertz CT molecular complexity index is 514. The van der Waals surface area contributed by atoms with Crippen molar-refractivity contribution in [3.63, 3.8) is 0 Å². The molecule has 3 heteroatoms. The number of aryl methyl sites for hydroxylation is 1. The van der Waals surface area contributed by atoms with Gasteiger partial charge < -0.3 is 10.6 Å². The highest BCUT2D eigenvalue weighted by molar-refractivity contribution is 5.58. The molecule has 18 heavy (non-hydrogen) atoms. The fourth-order valence-electron chi connectivity index (χ4n) is 1.97. The summed E-state index contributed by atoms with van der Waals surface area (Å²) in [5.41, 5.74) is 9.86. The van der Waals surface area contributed by atoms with E-state index < -0.39 is 0 Å². The molecule has 2 N–H and O–H groups in total. The van der Waals surface area contributed by atoms with Gasteiger partial charge in [-0.1, -0.05) is 12.1 Å². The molecule has 0 aliphatic rings. The molecule has 0 spiro atoms. The Balaban J connectivity index is 2.16. The maximum absolute atomic E-state index is 12.8. The fourth-order valence-corrected chi connectivity index (χ4v) is 1.97. The van der Waals surface area contributed by atoms with Crippen molar-refractivity contribution in [2.45, 2.75) is 13.5 Å². The monoisotopic (exact) mass is 244 g/mol. The zero-order valence-corrected chi connectivity index (χ0v) is 10.7. The van der Waals surface area contributed by atoms with Crippen LogP contribution in [-0.2, 0) is 6.54 Å². The average molecular weight is 244 g/mol. The zero-order valence-electron chi connectivity index (χ0n) is 10.7. The number of benzene rings is 2. The summed E-state index contributed by atoms with van der Waals surface area (Å²) >= 11 is 0. The van der Waals surface area contributed by atoms with Crippen LogP contribution in [0.3, 0.4) is 0 Å². The van der Waals surface area contributed by atoms with Crippen molar-refractivity contribution in [3.8, 4) is 0 Å². The van der Waals surface area contributed by atoms with Crippen LogP contribution >= 0.6 is 0 Å². The lowest BCUT2D eigenvalue weighted by molar-refractivity contribution is 0.627. The first-order valence-electron chi connectivity index (χ1n) is 5.87. The lowest BCUT2D eigenvalue weighted by Crippen LogP contribution is -2.16. The zero-order chi connectivity index (χ0) is 13.1. The lowest BCUT2D eigenvalue weighted by Gasteiger charge is -2.20. The Morgan fingerprint density at radius 2 is 1.78 bits per heavy atom. The third-order valence-electron chi connectivity index (χ3n) is 2.86. The number of anilines is 2. The first-order valence-corrected chi connectivity index (χ1v) is 5.87. The normalized spacial score (nSPS) is 10.4. The highest BCUT2D eigenvalue weighted by atomic mass is 19.1. The van der Waals surface area contributed by atoms with Gasteiger partial charge in [-0.25, -0.2) is 4.39 Å². The Kier molecular flexibility index (Phi) is 3.51. The average Bonchev–Trinajstić information content (AvgIpc) is 2.31. The molecular formula is C15H17FN2. The minimum atomic E-state index is -0.207. The number of hydrogen-bond acceptors (Lipinski definition) is 2. The van der Waals surface area contributed by atoms with E-state index in [0.29, 0.717) is 0 Å². The Hall–Kier alpha value is -2.03. The van der Waals surface area contributed by atoms with Crippen molar-refractivity contribution in [1.29, 1.82) is 0 Å². The molecule has 0 unspecified atom stereocenters. The van der Waals surface area contributed by atoms with Gasteiger partial charge in [0.05, 0.1) is 0 Å². The smallest absolute Gasteiger partial charge is 0.123 e. The first-order chi connectivity index (χ1) is 8.54. The molecule has 0 aromatic heterocycles. The van der Waals surface area contributed by atoms with Crippen molar-refractivity contribution in [1.82, 2.24) is 0 Å².